The lowest BCUT2D eigenvalue weighted by molar-refractivity contribution is -0.132. The van der Waals surface area contributed by atoms with Crippen molar-refractivity contribution in [2.45, 2.75) is 50.8 Å². The Balaban J connectivity index is 2.81. The van der Waals surface area contributed by atoms with Crippen LogP contribution in [-0.2, 0) is 14.6 Å². The van der Waals surface area contributed by atoms with Crippen LogP contribution in [-0.4, -0.2) is 49.4 Å². The molecule has 0 bridgehead atoms. The molecule has 106 valence electrons. The summed E-state index contributed by atoms with van der Waals surface area (Å²) in [7, 11) is -3.25. The number of carbonyl (C=O) groups is 1. The Labute approximate surface area is 110 Å². The summed E-state index contributed by atoms with van der Waals surface area (Å²) in [5, 5.41) is -0.827. The maximum absolute atomic E-state index is 12.4. The molecule has 1 saturated heterocycles. The van der Waals surface area contributed by atoms with Gasteiger partial charge in [-0.3, -0.25) is 4.79 Å². The molecule has 0 radical (unpaired) electrons. The van der Waals surface area contributed by atoms with E-state index in [1.807, 2.05) is 13.8 Å². The highest BCUT2D eigenvalue weighted by atomic mass is 32.2. The van der Waals surface area contributed by atoms with Gasteiger partial charge in [-0.2, -0.15) is 0 Å². The van der Waals surface area contributed by atoms with E-state index >= 15 is 0 Å². The van der Waals surface area contributed by atoms with Gasteiger partial charge in [0.2, 0.25) is 5.91 Å². The Hall–Kier alpha value is -0.620. The number of nitrogens with two attached hydrogens (primary N) is 1. The zero-order valence-corrected chi connectivity index (χ0v) is 12.1. The van der Waals surface area contributed by atoms with E-state index < -0.39 is 15.1 Å². The minimum absolute atomic E-state index is 0.0150. The van der Waals surface area contributed by atoms with E-state index in [-0.39, 0.29) is 17.7 Å². The molecular weight excluding hydrogens is 252 g/mol. The summed E-state index contributed by atoms with van der Waals surface area (Å²) in [4.78, 5) is 14.0. The van der Waals surface area contributed by atoms with E-state index in [4.69, 9.17) is 5.73 Å². The van der Waals surface area contributed by atoms with E-state index in [0.717, 1.165) is 6.42 Å². The molecule has 1 aliphatic heterocycles. The number of amides is 1. The summed E-state index contributed by atoms with van der Waals surface area (Å²) in [6.07, 6.45) is 2.67. The summed E-state index contributed by atoms with van der Waals surface area (Å²) in [6, 6.07) is 0.0150. The first-order valence-corrected chi connectivity index (χ1v) is 8.34. The fourth-order valence-corrected chi connectivity index (χ4v) is 4.16. The fraction of sp³-hybridized carbons (Fsp3) is 0.917. The van der Waals surface area contributed by atoms with Crippen molar-refractivity contribution in [3.63, 3.8) is 0 Å². The molecule has 0 aromatic rings. The lowest BCUT2D eigenvalue weighted by atomic mass is 10.1. The van der Waals surface area contributed by atoms with Crippen molar-refractivity contribution >= 4 is 15.7 Å². The topological polar surface area (TPSA) is 80.5 Å². The molecule has 1 amide bonds. The molecule has 0 aromatic carbocycles. The SMILES string of the molecule is CC(C)N(CCCN)C(=O)C1CCCCS1(=O)=O. The Bertz CT molecular complexity index is 379. The molecular formula is C12H24N2O3S. The second-order valence-corrected chi connectivity index (χ2v) is 7.42. The Kier molecular flexibility index (Phi) is 5.59. The van der Waals surface area contributed by atoms with Crippen molar-refractivity contribution in [1.29, 1.82) is 0 Å². The summed E-state index contributed by atoms with van der Waals surface area (Å²) in [6.45, 7) is 4.86. The van der Waals surface area contributed by atoms with Gasteiger partial charge in [-0.25, -0.2) is 8.42 Å². The van der Waals surface area contributed by atoms with Gasteiger partial charge in [-0.05, 0) is 39.7 Å². The number of hydrogen-bond acceptors (Lipinski definition) is 4. The molecule has 1 unspecified atom stereocenters. The van der Waals surface area contributed by atoms with E-state index in [1.165, 1.54) is 0 Å². The van der Waals surface area contributed by atoms with Gasteiger partial charge >= 0.3 is 0 Å². The lowest BCUT2D eigenvalue weighted by Gasteiger charge is -2.32. The van der Waals surface area contributed by atoms with Gasteiger partial charge < -0.3 is 10.6 Å². The minimum Gasteiger partial charge on any atom is -0.339 e. The standard InChI is InChI=1S/C12H24N2O3S/c1-10(2)14(8-5-7-13)12(15)11-6-3-4-9-18(11,16)17/h10-11H,3-9,13H2,1-2H3. The zero-order chi connectivity index (χ0) is 13.8. The van der Waals surface area contributed by atoms with Crippen molar-refractivity contribution in [3.8, 4) is 0 Å². The normalized spacial score (nSPS) is 23.0. The lowest BCUT2D eigenvalue weighted by Crippen LogP contribution is -2.48. The van der Waals surface area contributed by atoms with Gasteiger partial charge in [-0.1, -0.05) is 6.42 Å². The highest BCUT2D eigenvalue weighted by molar-refractivity contribution is 7.92. The third-order valence-electron chi connectivity index (χ3n) is 3.36. The van der Waals surface area contributed by atoms with Crippen LogP contribution in [0, 0.1) is 0 Å². The van der Waals surface area contributed by atoms with Crippen LogP contribution >= 0.6 is 0 Å². The molecule has 2 N–H and O–H groups in total. The van der Waals surface area contributed by atoms with E-state index in [1.54, 1.807) is 4.90 Å². The number of carbonyl (C=O) groups excluding carboxylic acids is 1. The summed E-state index contributed by atoms with van der Waals surface area (Å²) in [5.41, 5.74) is 5.45. The average Bonchev–Trinajstić information content (AvgIpc) is 2.28. The van der Waals surface area contributed by atoms with Crippen LogP contribution in [0.2, 0.25) is 0 Å². The van der Waals surface area contributed by atoms with Gasteiger partial charge in [0.15, 0.2) is 9.84 Å². The minimum atomic E-state index is -3.25. The molecule has 1 rings (SSSR count). The molecule has 0 aliphatic carbocycles. The summed E-state index contributed by atoms with van der Waals surface area (Å²) >= 11 is 0. The van der Waals surface area contributed by atoms with Gasteiger partial charge in [0, 0.05) is 12.6 Å². The Morgan fingerprint density at radius 1 is 1.39 bits per heavy atom. The summed E-state index contributed by atoms with van der Waals surface area (Å²) < 4.78 is 23.9. The first-order valence-electron chi connectivity index (χ1n) is 6.62. The van der Waals surface area contributed by atoms with E-state index in [2.05, 4.69) is 0 Å². The first-order chi connectivity index (χ1) is 8.40. The molecule has 18 heavy (non-hydrogen) atoms. The van der Waals surface area contributed by atoms with Gasteiger partial charge in [0.1, 0.15) is 5.25 Å². The third kappa shape index (κ3) is 3.68. The number of nitrogens with zero attached hydrogens (tertiary/aromatic N) is 1. The molecule has 1 heterocycles. The van der Waals surface area contributed by atoms with Crippen LogP contribution in [0.3, 0.4) is 0 Å². The molecule has 1 aliphatic rings. The first kappa shape index (κ1) is 15.4. The van der Waals surface area contributed by atoms with Gasteiger partial charge in [0.25, 0.3) is 0 Å². The van der Waals surface area contributed by atoms with Crippen molar-refractivity contribution in [2.24, 2.45) is 5.73 Å². The largest absolute Gasteiger partial charge is 0.339 e. The Morgan fingerprint density at radius 2 is 2.06 bits per heavy atom. The molecule has 0 aromatic heterocycles. The van der Waals surface area contributed by atoms with Crippen molar-refractivity contribution in [1.82, 2.24) is 4.90 Å². The van der Waals surface area contributed by atoms with Crippen LogP contribution in [0.25, 0.3) is 0 Å². The van der Waals surface area contributed by atoms with Crippen molar-refractivity contribution in [3.05, 3.63) is 0 Å². The highest BCUT2D eigenvalue weighted by Crippen LogP contribution is 2.22. The second-order valence-electron chi connectivity index (χ2n) is 5.12. The second kappa shape index (κ2) is 6.52. The summed E-state index contributed by atoms with van der Waals surface area (Å²) in [5.74, 6) is -0.0928. The van der Waals surface area contributed by atoms with Crippen LogP contribution in [0.4, 0.5) is 0 Å². The maximum Gasteiger partial charge on any atom is 0.241 e. The molecule has 5 nitrogen and oxygen atoms in total. The van der Waals surface area contributed by atoms with Crippen LogP contribution < -0.4 is 5.73 Å². The molecule has 6 heteroatoms. The molecule has 1 atom stereocenters. The highest BCUT2D eigenvalue weighted by Gasteiger charge is 2.37. The predicted octanol–water partition coefficient (Wildman–Crippen LogP) is 0.540. The van der Waals surface area contributed by atoms with E-state index in [9.17, 15) is 13.2 Å². The zero-order valence-electron chi connectivity index (χ0n) is 11.3. The molecule has 0 saturated carbocycles. The van der Waals surface area contributed by atoms with Crippen LogP contribution in [0.5, 0.6) is 0 Å². The molecule has 0 spiro atoms. The van der Waals surface area contributed by atoms with Crippen LogP contribution in [0.15, 0.2) is 0 Å². The monoisotopic (exact) mass is 276 g/mol. The quantitative estimate of drug-likeness (QED) is 0.794. The third-order valence-corrected chi connectivity index (χ3v) is 5.53. The number of rotatable bonds is 5. The predicted molar refractivity (Wildman–Crippen MR) is 71.9 cm³/mol. The van der Waals surface area contributed by atoms with Crippen molar-refractivity contribution in [2.75, 3.05) is 18.8 Å². The molecule has 1 fully saturated rings. The Morgan fingerprint density at radius 3 is 2.56 bits per heavy atom. The number of sulfone groups is 1. The maximum atomic E-state index is 12.4. The van der Waals surface area contributed by atoms with Gasteiger partial charge in [-0.15, -0.1) is 0 Å². The van der Waals surface area contributed by atoms with Crippen molar-refractivity contribution < 1.29 is 13.2 Å². The van der Waals surface area contributed by atoms with Crippen LogP contribution in [0.1, 0.15) is 39.5 Å². The van der Waals surface area contributed by atoms with Gasteiger partial charge in [0.05, 0.1) is 5.75 Å². The number of hydrogen-bond donors (Lipinski definition) is 1. The average molecular weight is 276 g/mol. The smallest absolute Gasteiger partial charge is 0.241 e. The van der Waals surface area contributed by atoms with E-state index in [0.29, 0.717) is 32.4 Å². The fourth-order valence-electron chi connectivity index (χ4n) is 2.30.